The number of amides is 2. The number of benzene rings is 1. The van der Waals surface area contributed by atoms with E-state index >= 15 is 0 Å². The molecule has 118 valence electrons. The van der Waals surface area contributed by atoms with Crippen molar-refractivity contribution >= 4 is 16.9 Å². The molecule has 0 atom stereocenters. The highest BCUT2D eigenvalue weighted by Crippen LogP contribution is 2.44. The zero-order chi connectivity index (χ0) is 15.6. The summed E-state index contributed by atoms with van der Waals surface area (Å²) in [4.78, 5) is 14.8. The Hall–Kier alpha value is -2.08. The number of aliphatic hydroxyl groups is 1. The number of fused-ring (bicyclic) bond motifs is 1. The smallest absolute Gasteiger partial charge is 0.314 e. The van der Waals surface area contributed by atoms with Gasteiger partial charge in [-0.2, -0.15) is 0 Å². The summed E-state index contributed by atoms with van der Waals surface area (Å²) in [6.45, 7) is 1.10. The number of urea groups is 1. The topological polar surface area (TPSA) is 77.2 Å². The van der Waals surface area contributed by atoms with Crippen molar-refractivity contribution in [2.45, 2.75) is 19.3 Å². The number of halogens is 1. The minimum atomic E-state index is -0.266. The number of hydrogen-bond acceptors (Lipinski definition) is 2. The lowest BCUT2D eigenvalue weighted by molar-refractivity contribution is 0.203. The average Bonchev–Trinajstić information content (AvgIpc) is 3.21. The highest BCUT2D eigenvalue weighted by atomic mass is 19.1. The molecule has 3 rings (SSSR count). The maximum Gasteiger partial charge on any atom is 0.314 e. The van der Waals surface area contributed by atoms with Crippen molar-refractivity contribution in [3.8, 4) is 0 Å². The predicted octanol–water partition coefficient (Wildman–Crippen LogP) is 1.92. The molecule has 2 amide bonds. The van der Waals surface area contributed by atoms with Crippen LogP contribution in [0.25, 0.3) is 10.9 Å². The third-order valence-corrected chi connectivity index (χ3v) is 4.33. The second kappa shape index (κ2) is 5.96. The number of nitrogens with one attached hydrogen (secondary N) is 3. The molecule has 0 bridgehead atoms. The quantitative estimate of drug-likeness (QED) is 0.658. The summed E-state index contributed by atoms with van der Waals surface area (Å²) >= 11 is 0. The van der Waals surface area contributed by atoms with Crippen LogP contribution in [0.2, 0.25) is 0 Å². The Kier molecular flexibility index (Phi) is 4.02. The summed E-state index contributed by atoms with van der Waals surface area (Å²) in [6.07, 6.45) is 4.39. The molecule has 4 N–H and O–H groups in total. The normalized spacial score (nSPS) is 15.7. The molecule has 22 heavy (non-hydrogen) atoms. The van der Waals surface area contributed by atoms with Crippen molar-refractivity contribution in [2.75, 3.05) is 19.7 Å². The monoisotopic (exact) mass is 305 g/mol. The first-order chi connectivity index (χ1) is 10.6. The summed E-state index contributed by atoms with van der Waals surface area (Å²) in [7, 11) is 0. The predicted molar refractivity (Wildman–Crippen MR) is 82.1 cm³/mol. The number of aromatic amines is 1. The van der Waals surface area contributed by atoms with Crippen LogP contribution in [0.1, 0.15) is 18.4 Å². The van der Waals surface area contributed by atoms with E-state index in [1.165, 1.54) is 12.1 Å². The maximum absolute atomic E-state index is 13.3. The van der Waals surface area contributed by atoms with Crippen LogP contribution >= 0.6 is 0 Å². The third kappa shape index (κ3) is 3.22. The largest absolute Gasteiger partial charge is 0.396 e. The van der Waals surface area contributed by atoms with Gasteiger partial charge in [-0.05, 0) is 43.0 Å². The van der Waals surface area contributed by atoms with E-state index in [1.807, 2.05) is 6.20 Å². The molecule has 0 saturated heterocycles. The number of hydrogen-bond donors (Lipinski definition) is 4. The molecule has 1 aliphatic carbocycles. The van der Waals surface area contributed by atoms with Gasteiger partial charge in [0.15, 0.2) is 0 Å². The number of aliphatic hydroxyl groups excluding tert-OH is 1. The van der Waals surface area contributed by atoms with Crippen LogP contribution in [0.3, 0.4) is 0 Å². The van der Waals surface area contributed by atoms with Gasteiger partial charge in [-0.25, -0.2) is 9.18 Å². The SMILES string of the molecule is O=C(NCCc1c[nH]c2ccc(F)cc12)NCC1(CO)CC1. The fraction of sp³-hybridized carbons (Fsp3) is 0.438. The van der Waals surface area contributed by atoms with E-state index < -0.39 is 0 Å². The van der Waals surface area contributed by atoms with Crippen LogP contribution in [0.15, 0.2) is 24.4 Å². The fourth-order valence-corrected chi connectivity index (χ4v) is 2.57. The molecular weight excluding hydrogens is 285 g/mol. The first-order valence-electron chi connectivity index (χ1n) is 7.50. The van der Waals surface area contributed by atoms with Gasteiger partial charge in [-0.15, -0.1) is 0 Å². The molecule has 1 aliphatic rings. The van der Waals surface area contributed by atoms with Crippen molar-refractivity contribution in [3.63, 3.8) is 0 Å². The van der Waals surface area contributed by atoms with Crippen LogP contribution < -0.4 is 10.6 Å². The van der Waals surface area contributed by atoms with Gasteiger partial charge in [0.25, 0.3) is 0 Å². The molecule has 6 heteroatoms. The molecular formula is C16H20FN3O2. The number of carbonyl (C=O) groups excluding carboxylic acids is 1. The molecule has 1 aromatic carbocycles. The molecule has 0 unspecified atom stereocenters. The van der Waals surface area contributed by atoms with Crippen molar-refractivity contribution in [1.29, 1.82) is 0 Å². The fourth-order valence-electron chi connectivity index (χ4n) is 2.57. The molecule has 1 saturated carbocycles. The number of aromatic nitrogens is 1. The summed E-state index contributed by atoms with van der Waals surface area (Å²) in [5.74, 6) is -0.266. The standard InChI is InChI=1S/C16H20FN3O2/c17-12-1-2-14-13(7-12)11(8-19-14)3-6-18-15(22)20-9-16(10-21)4-5-16/h1-2,7-8,19,21H,3-6,9-10H2,(H2,18,20,22). The molecule has 1 heterocycles. The Labute approximate surface area is 127 Å². The van der Waals surface area contributed by atoms with Crippen molar-refractivity contribution in [1.82, 2.24) is 15.6 Å². The second-order valence-corrected chi connectivity index (χ2v) is 6.02. The molecule has 1 fully saturated rings. The lowest BCUT2D eigenvalue weighted by Crippen LogP contribution is -2.40. The van der Waals surface area contributed by atoms with Gasteiger partial charge in [-0.3, -0.25) is 0 Å². The molecule has 2 aromatic rings. The summed E-state index contributed by atoms with van der Waals surface area (Å²) in [6, 6.07) is 4.39. The number of rotatable bonds is 6. The molecule has 5 nitrogen and oxygen atoms in total. The maximum atomic E-state index is 13.3. The van der Waals surface area contributed by atoms with E-state index in [4.69, 9.17) is 0 Å². The summed E-state index contributed by atoms with van der Waals surface area (Å²) in [5.41, 5.74) is 1.77. The zero-order valence-corrected chi connectivity index (χ0v) is 12.3. The van der Waals surface area contributed by atoms with Crippen molar-refractivity contribution < 1.29 is 14.3 Å². The van der Waals surface area contributed by atoms with E-state index in [2.05, 4.69) is 15.6 Å². The van der Waals surface area contributed by atoms with E-state index in [0.717, 1.165) is 29.3 Å². The second-order valence-electron chi connectivity index (χ2n) is 6.02. The van der Waals surface area contributed by atoms with Gasteiger partial charge < -0.3 is 20.7 Å². The van der Waals surface area contributed by atoms with Gasteiger partial charge in [0.1, 0.15) is 5.82 Å². The van der Waals surface area contributed by atoms with E-state index in [1.54, 1.807) is 6.07 Å². The number of H-pyrrole nitrogens is 1. The van der Waals surface area contributed by atoms with Crippen molar-refractivity contribution in [2.24, 2.45) is 5.41 Å². The first-order valence-corrected chi connectivity index (χ1v) is 7.50. The van der Waals surface area contributed by atoms with Crippen LogP contribution in [0, 0.1) is 11.2 Å². The Morgan fingerprint density at radius 1 is 1.36 bits per heavy atom. The Morgan fingerprint density at radius 3 is 2.91 bits per heavy atom. The highest BCUT2D eigenvalue weighted by Gasteiger charge is 2.42. The van der Waals surface area contributed by atoms with E-state index in [0.29, 0.717) is 19.5 Å². The van der Waals surface area contributed by atoms with Crippen LogP contribution in [0.5, 0.6) is 0 Å². The van der Waals surface area contributed by atoms with Crippen LogP contribution in [-0.4, -0.2) is 35.8 Å². The molecule has 1 aromatic heterocycles. The van der Waals surface area contributed by atoms with E-state index in [-0.39, 0.29) is 23.9 Å². The van der Waals surface area contributed by atoms with Gasteiger partial charge in [0, 0.05) is 35.6 Å². The van der Waals surface area contributed by atoms with Crippen LogP contribution in [-0.2, 0) is 6.42 Å². The first kappa shape index (κ1) is 14.8. The summed E-state index contributed by atoms with van der Waals surface area (Å²) < 4.78 is 13.3. The minimum Gasteiger partial charge on any atom is -0.396 e. The van der Waals surface area contributed by atoms with Gasteiger partial charge in [0.2, 0.25) is 0 Å². The lowest BCUT2D eigenvalue weighted by Gasteiger charge is -2.13. The van der Waals surface area contributed by atoms with Gasteiger partial charge >= 0.3 is 6.03 Å². The van der Waals surface area contributed by atoms with Gasteiger partial charge in [0.05, 0.1) is 6.61 Å². The van der Waals surface area contributed by atoms with Crippen LogP contribution in [0.4, 0.5) is 9.18 Å². The Balaban J connectivity index is 1.47. The molecule has 0 spiro atoms. The lowest BCUT2D eigenvalue weighted by atomic mass is 10.1. The highest BCUT2D eigenvalue weighted by molar-refractivity contribution is 5.83. The third-order valence-electron chi connectivity index (χ3n) is 4.33. The Bertz CT molecular complexity index is 679. The average molecular weight is 305 g/mol. The number of carbonyl (C=O) groups is 1. The van der Waals surface area contributed by atoms with E-state index in [9.17, 15) is 14.3 Å². The zero-order valence-electron chi connectivity index (χ0n) is 12.3. The molecule has 0 radical (unpaired) electrons. The van der Waals surface area contributed by atoms with Crippen molar-refractivity contribution in [3.05, 3.63) is 35.8 Å². The Morgan fingerprint density at radius 2 is 2.18 bits per heavy atom. The minimum absolute atomic E-state index is 0.0916. The molecule has 0 aliphatic heterocycles. The summed E-state index contributed by atoms with van der Waals surface area (Å²) in [5, 5.41) is 15.6. The van der Waals surface area contributed by atoms with Gasteiger partial charge in [-0.1, -0.05) is 0 Å².